The van der Waals surface area contributed by atoms with Gasteiger partial charge in [-0.1, -0.05) is 57.9 Å². The standard InChI is InChI=1S/C19H28O5S/c1-2-3-4-5-6-7-8-9-10-11-12-19(20)24-17-13-15-18(16-14-17)25(21,22)23/h11-16H,2-10H2,1H3,(H,21,22,23). The second-order valence-corrected chi connectivity index (χ2v) is 7.46. The number of allylic oxidation sites excluding steroid dienone is 1. The van der Waals surface area contributed by atoms with Crippen LogP contribution in [-0.4, -0.2) is 18.9 Å². The first-order valence-electron chi connectivity index (χ1n) is 8.89. The van der Waals surface area contributed by atoms with Crippen LogP contribution in [0, 0.1) is 0 Å². The Morgan fingerprint density at radius 2 is 1.56 bits per heavy atom. The lowest BCUT2D eigenvalue weighted by atomic mass is 10.1. The number of hydrogen-bond donors (Lipinski definition) is 1. The lowest BCUT2D eigenvalue weighted by Gasteiger charge is -2.02. The molecule has 0 aromatic heterocycles. The summed E-state index contributed by atoms with van der Waals surface area (Å²) in [5.74, 6) is -0.270. The van der Waals surface area contributed by atoms with Crippen molar-refractivity contribution in [2.24, 2.45) is 0 Å². The normalized spacial score (nSPS) is 11.8. The van der Waals surface area contributed by atoms with Gasteiger partial charge in [0, 0.05) is 6.08 Å². The van der Waals surface area contributed by atoms with E-state index in [1.807, 2.05) is 0 Å². The van der Waals surface area contributed by atoms with Gasteiger partial charge in [-0.15, -0.1) is 0 Å². The molecule has 6 heteroatoms. The van der Waals surface area contributed by atoms with Crippen molar-refractivity contribution in [1.29, 1.82) is 0 Å². The van der Waals surface area contributed by atoms with Crippen LogP contribution >= 0.6 is 0 Å². The Hall–Kier alpha value is -1.66. The van der Waals surface area contributed by atoms with E-state index in [0.29, 0.717) is 0 Å². The van der Waals surface area contributed by atoms with Crippen molar-refractivity contribution >= 4 is 16.1 Å². The molecule has 1 N–H and O–H groups in total. The van der Waals surface area contributed by atoms with Crippen molar-refractivity contribution in [3.63, 3.8) is 0 Å². The zero-order valence-electron chi connectivity index (χ0n) is 14.8. The lowest BCUT2D eigenvalue weighted by molar-refractivity contribution is -0.129. The number of hydrogen-bond acceptors (Lipinski definition) is 4. The van der Waals surface area contributed by atoms with Crippen molar-refractivity contribution in [2.45, 2.75) is 69.6 Å². The van der Waals surface area contributed by atoms with Gasteiger partial charge in [-0.3, -0.25) is 4.55 Å². The van der Waals surface area contributed by atoms with E-state index in [4.69, 9.17) is 9.29 Å². The number of benzene rings is 1. The summed E-state index contributed by atoms with van der Waals surface area (Å²) in [6.07, 6.45) is 14.0. The average molecular weight is 368 g/mol. The number of carbonyl (C=O) groups is 1. The summed E-state index contributed by atoms with van der Waals surface area (Å²) in [6, 6.07) is 5.02. The molecule has 5 nitrogen and oxygen atoms in total. The first-order chi connectivity index (χ1) is 11.9. The molecular weight excluding hydrogens is 340 g/mol. The van der Waals surface area contributed by atoms with Gasteiger partial charge < -0.3 is 4.74 Å². The maximum atomic E-state index is 11.7. The van der Waals surface area contributed by atoms with Crippen molar-refractivity contribution in [3.8, 4) is 5.75 Å². The molecular formula is C19H28O5S. The van der Waals surface area contributed by atoms with Gasteiger partial charge in [-0.25, -0.2) is 4.79 Å². The Morgan fingerprint density at radius 3 is 2.12 bits per heavy atom. The molecule has 0 saturated carbocycles. The zero-order valence-corrected chi connectivity index (χ0v) is 15.6. The van der Waals surface area contributed by atoms with Crippen molar-refractivity contribution < 1.29 is 22.5 Å². The third-order valence-electron chi connectivity index (χ3n) is 3.82. The van der Waals surface area contributed by atoms with E-state index in [1.165, 1.54) is 75.3 Å². The second-order valence-electron chi connectivity index (χ2n) is 6.03. The highest BCUT2D eigenvalue weighted by Crippen LogP contribution is 2.16. The summed E-state index contributed by atoms with van der Waals surface area (Å²) in [6.45, 7) is 2.21. The quantitative estimate of drug-likeness (QED) is 0.186. The lowest BCUT2D eigenvalue weighted by Crippen LogP contribution is -2.04. The van der Waals surface area contributed by atoms with Crippen LogP contribution < -0.4 is 4.74 Å². The summed E-state index contributed by atoms with van der Waals surface area (Å²) in [5, 5.41) is 0. The average Bonchev–Trinajstić information content (AvgIpc) is 2.56. The van der Waals surface area contributed by atoms with Gasteiger partial charge in [0.05, 0.1) is 4.90 Å². The zero-order chi connectivity index (χ0) is 18.5. The number of ether oxygens (including phenoxy) is 1. The fourth-order valence-electron chi connectivity index (χ4n) is 2.41. The Balaban J connectivity index is 2.18. The molecule has 0 aliphatic carbocycles. The van der Waals surface area contributed by atoms with Gasteiger partial charge in [-0.2, -0.15) is 8.42 Å². The molecule has 0 radical (unpaired) electrons. The van der Waals surface area contributed by atoms with E-state index < -0.39 is 16.1 Å². The van der Waals surface area contributed by atoms with Crippen LogP contribution in [0.1, 0.15) is 64.7 Å². The highest BCUT2D eigenvalue weighted by molar-refractivity contribution is 7.85. The SMILES string of the molecule is CCCCCCCCCCC=CC(=O)Oc1ccc(S(=O)(=O)O)cc1. The van der Waals surface area contributed by atoms with E-state index in [9.17, 15) is 13.2 Å². The molecule has 0 aliphatic rings. The third kappa shape index (κ3) is 10.0. The molecule has 25 heavy (non-hydrogen) atoms. The molecule has 0 saturated heterocycles. The molecule has 0 amide bonds. The number of unbranched alkanes of at least 4 members (excludes halogenated alkanes) is 8. The fourth-order valence-corrected chi connectivity index (χ4v) is 2.89. The van der Waals surface area contributed by atoms with E-state index in [-0.39, 0.29) is 10.6 Å². The number of esters is 1. The van der Waals surface area contributed by atoms with Crippen LogP contribution in [0.25, 0.3) is 0 Å². The molecule has 1 aromatic carbocycles. The summed E-state index contributed by atoms with van der Waals surface area (Å²) >= 11 is 0. The molecule has 0 aliphatic heterocycles. The highest BCUT2D eigenvalue weighted by Gasteiger charge is 2.09. The minimum atomic E-state index is -4.23. The van der Waals surface area contributed by atoms with Gasteiger partial charge in [0.15, 0.2) is 0 Å². The largest absolute Gasteiger partial charge is 0.423 e. The Kier molecular flexibility index (Phi) is 10.1. The van der Waals surface area contributed by atoms with Gasteiger partial charge >= 0.3 is 5.97 Å². The minimum absolute atomic E-state index is 0.231. The first-order valence-corrected chi connectivity index (χ1v) is 10.3. The molecule has 0 bridgehead atoms. The molecule has 0 heterocycles. The van der Waals surface area contributed by atoms with E-state index in [1.54, 1.807) is 6.08 Å². The second kappa shape index (κ2) is 11.8. The Bertz CT molecular complexity index is 632. The van der Waals surface area contributed by atoms with Crippen molar-refractivity contribution in [2.75, 3.05) is 0 Å². The van der Waals surface area contributed by atoms with Gasteiger partial charge in [-0.05, 0) is 37.1 Å². The van der Waals surface area contributed by atoms with Crippen LogP contribution in [0.4, 0.5) is 0 Å². The molecule has 0 unspecified atom stereocenters. The van der Waals surface area contributed by atoms with Gasteiger partial charge in [0.25, 0.3) is 10.1 Å². The predicted octanol–water partition coefficient (Wildman–Crippen LogP) is 4.93. The Labute approximate surface area is 150 Å². The van der Waals surface area contributed by atoms with E-state index >= 15 is 0 Å². The number of carbonyl (C=O) groups excluding carboxylic acids is 1. The summed E-state index contributed by atoms with van der Waals surface area (Å²) in [5.41, 5.74) is 0. The highest BCUT2D eigenvalue weighted by atomic mass is 32.2. The molecule has 0 atom stereocenters. The minimum Gasteiger partial charge on any atom is -0.423 e. The maximum Gasteiger partial charge on any atom is 0.335 e. The maximum absolute atomic E-state index is 11.7. The monoisotopic (exact) mass is 368 g/mol. The summed E-state index contributed by atoms with van der Waals surface area (Å²) in [7, 11) is -4.23. The smallest absolute Gasteiger partial charge is 0.335 e. The van der Waals surface area contributed by atoms with Gasteiger partial charge in [0.2, 0.25) is 0 Å². The van der Waals surface area contributed by atoms with Crippen LogP contribution in [0.15, 0.2) is 41.3 Å². The Morgan fingerprint density at radius 1 is 1.00 bits per heavy atom. The molecule has 0 fully saturated rings. The molecule has 140 valence electrons. The predicted molar refractivity (Wildman–Crippen MR) is 98.3 cm³/mol. The number of rotatable bonds is 12. The topological polar surface area (TPSA) is 80.7 Å². The first kappa shape index (κ1) is 21.4. The van der Waals surface area contributed by atoms with Crippen molar-refractivity contribution in [3.05, 3.63) is 36.4 Å². The summed E-state index contributed by atoms with van der Waals surface area (Å²) < 4.78 is 35.8. The van der Waals surface area contributed by atoms with Crippen LogP contribution in [-0.2, 0) is 14.9 Å². The third-order valence-corrected chi connectivity index (χ3v) is 4.69. The fraction of sp³-hybridized carbons (Fsp3) is 0.526. The van der Waals surface area contributed by atoms with Crippen LogP contribution in [0.2, 0.25) is 0 Å². The van der Waals surface area contributed by atoms with E-state index in [0.717, 1.165) is 12.8 Å². The summed E-state index contributed by atoms with van der Waals surface area (Å²) in [4.78, 5) is 11.4. The van der Waals surface area contributed by atoms with E-state index in [2.05, 4.69) is 6.92 Å². The molecule has 1 aromatic rings. The van der Waals surface area contributed by atoms with Crippen LogP contribution in [0.5, 0.6) is 5.75 Å². The molecule has 0 spiro atoms. The van der Waals surface area contributed by atoms with Gasteiger partial charge in [0.1, 0.15) is 5.75 Å². The van der Waals surface area contributed by atoms with Crippen molar-refractivity contribution in [1.82, 2.24) is 0 Å². The van der Waals surface area contributed by atoms with Crippen LogP contribution in [0.3, 0.4) is 0 Å². The molecule has 1 rings (SSSR count).